The lowest BCUT2D eigenvalue weighted by Crippen LogP contribution is -2.29. The lowest BCUT2D eigenvalue weighted by molar-refractivity contribution is -0.136. The Morgan fingerprint density at radius 1 is 0.971 bits per heavy atom. The molecule has 0 bridgehead atoms. The first-order valence-corrected chi connectivity index (χ1v) is 11.7. The molecule has 0 saturated heterocycles. The maximum atomic E-state index is 13.4. The molecule has 1 unspecified atom stereocenters. The van der Waals surface area contributed by atoms with E-state index in [0.717, 1.165) is 26.9 Å². The number of dihydropyridines is 1. The van der Waals surface area contributed by atoms with Crippen LogP contribution in [0.3, 0.4) is 0 Å². The molecule has 0 fully saturated rings. The molecule has 0 spiro atoms. The van der Waals surface area contributed by atoms with Gasteiger partial charge in [-0.05, 0) is 42.3 Å². The van der Waals surface area contributed by atoms with Crippen molar-refractivity contribution in [1.29, 1.82) is 0 Å². The monoisotopic (exact) mass is 515 g/mol. The second kappa shape index (κ2) is 8.95. The van der Waals surface area contributed by atoms with E-state index >= 15 is 0 Å². The van der Waals surface area contributed by atoms with Gasteiger partial charge in [-0.25, -0.2) is 4.79 Å². The fourth-order valence-corrected chi connectivity index (χ4v) is 4.81. The maximum absolute atomic E-state index is 13.4. The lowest BCUT2D eigenvalue weighted by Gasteiger charge is -2.29. The van der Waals surface area contributed by atoms with Crippen molar-refractivity contribution < 1.29 is 19.1 Å². The zero-order valence-corrected chi connectivity index (χ0v) is 20.3. The summed E-state index contributed by atoms with van der Waals surface area (Å²) in [5.74, 6) is -0.367. The van der Waals surface area contributed by atoms with E-state index in [1.165, 1.54) is 7.11 Å². The predicted molar refractivity (Wildman–Crippen MR) is 133 cm³/mol. The van der Waals surface area contributed by atoms with E-state index in [1.807, 2.05) is 79.7 Å². The average molecular weight is 516 g/mol. The molecule has 5 nitrogen and oxygen atoms in total. The number of halogens is 1. The number of Topliss-reactive ketones (excluding diaryl/α,β-unsaturated/α-hetero) is 1. The highest BCUT2D eigenvalue weighted by Crippen LogP contribution is 2.46. The number of ether oxygens (including phenoxy) is 2. The molecule has 2 aliphatic rings. The summed E-state index contributed by atoms with van der Waals surface area (Å²) in [5.41, 5.74) is 5.81. The summed E-state index contributed by atoms with van der Waals surface area (Å²) in [6.07, 6.45) is 0. The van der Waals surface area contributed by atoms with Gasteiger partial charge < -0.3 is 14.8 Å². The molecule has 0 aromatic heterocycles. The van der Waals surface area contributed by atoms with Crippen LogP contribution in [0.5, 0.6) is 5.75 Å². The minimum atomic E-state index is -0.538. The van der Waals surface area contributed by atoms with Crippen LogP contribution in [0.4, 0.5) is 0 Å². The summed E-state index contributed by atoms with van der Waals surface area (Å²) in [6, 6.07) is 23.0. The van der Waals surface area contributed by atoms with E-state index in [4.69, 9.17) is 9.47 Å². The Bertz CT molecular complexity index is 1350. The quantitative estimate of drug-likeness (QED) is 0.437. The highest BCUT2D eigenvalue weighted by atomic mass is 79.9. The number of ketones is 1. The normalized spacial score (nSPS) is 16.7. The standard InChI is InChI=1S/C28H22BrNO4/c1-16-23(28(32)33-2)24(25-26(30-16)21-5-3-4-6-22(21)27(25)31)18-9-13-20(14-10-18)34-15-17-7-11-19(29)12-8-17/h3-14,24,30H,15H2,1-2H3. The smallest absolute Gasteiger partial charge is 0.336 e. The molecular weight excluding hydrogens is 494 g/mol. The van der Waals surface area contributed by atoms with Crippen LogP contribution in [-0.4, -0.2) is 18.9 Å². The third-order valence-electron chi connectivity index (χ3n) is 6.19. The molecule has 5 rings (SSSR count). The van der Waals surface area contributed by atoms with E-state index in [2.05, 4.69) is 21.2 Å². The minimum absolute atomic E-state index is 0.0763. The third kappa shape index (κ3) is 3.84. The summed E-state index contributed by atoms with van der Waals surface area (Å²) in [6.45, 7) is 2.28. The van der Waals surface area contributed by atoms with Crippen molar-refractivity contribution in [3.8, 4) is 5.75 Å². The van der Waals surface area contributed by atoms with Gasteiger partial charge in [-0.3, -0.25) is 4.79 Å². The van der Waals surface area contributed by atoms with E-state index in [-0.39, 0.29) is 5.78 Å². The van der Waals surface area contributed by atoms with Gasteiger partial charge in [0.2, 0.25) is 0 Å². The molecule has 0 amide bonds. The van der Waals surface area contributed by atoms with E-state index in [9.17, 15) is 9.59 Å². The van der Waals surface area contributed by atoms with Crippen molar-refractivity contribution in [3.63, 3.8) is 0 Å². The Hall–Kier alpha value is -3.64. The molecule has 1 aliphatic carbocycles. The van der Waals surface area contributed by atoms with Crippen molar-refractivity contribution in [2.75, 3.05) is 7.11 Å². The molecule has 1 heterocycles. The largest absolute Gasteiger partial charge is 0.489 e. The number of hydrogen-bond acceptors (Lipinski definition) is 5. The Labute approximate surface area is 206 Å². The highest BCUT2D eigenvalue weighted by molar-refractivity contribution is 9.10. The molecule has 0 radical (unpaired) electrons. The summed E-state index contributed by atoms with van der Waals surface area (Å²) in [7, 11) is 1.36. The van der Waals surface area contributed by atoms with Gasteiger partial charge in [0, 0.05) is 32.8 Å². The Morgan fingerprint density at radius 3 is 2.32 bits per heavy atom. The Kier molecular flexibility index (Phi) is 5.84. The molecule has 0 saturated carbocycles. The Morgan fingerprint density at radius 2 is 1.65 bits per heavy atom. The van der Waals surface area contributed by atoms with E-state index < -0.39 is 11.9 Å². The summed E-state index contributed by atoms with van der Waals surface area (Å²) in [5, 5.41) is 3.29. The fourth-order valence-electron chi connectivity index (χ4n) is 4.55. The number of allylic oxidation sites excluding steroid dienone is 2. The molecule has 1 N–H and O–H groups in total. The first-order chi connectivity index (χ1) is 16.5. The van der Waals surface area contributed by atoms with Crippen molar-refractivity contribution in [3.05, 3.63) is 116 Å². The number of carbonyl (C=O) groups excluding carboxylic acids is 2. The van der Waals surface area contributed by atoms with Gasteiger partial charge in [0.05, 0.1) is 18.4 Å². The topological polar surface area (TPSA) is 64.6 Å². The molecular formula is C28H22BrNO4. The van der Waals surface area contributed by atoms with Crippen molar-refractivity contribution >= 4 is 33.4 Å². The van der Waals surface area contributed by atoms with Gasteiger partial charge in [0.25, 0.3) is 0 Å². The zero-order chi connectivity index (χ0) is 23.8. The van der Waals surface area contributed by atoms with Gasteiger partial charge in [0.1, 0.15) is 12.4 Å². The van der Waals surface area contributed by atoms with Gasteiger partial charge >= 0.3 is 5.97 Å². The van der Waals surface area contributed by atoms with Crippen molar-refractivity contribution in [2.24, 2.45) is 0 Å². The molecule has 1 atom stereocenters. The lowest BCUT2D eigenvalue weighted by atomic mass is 9.80. The summed E-state index contributed by atoms with van der Waals surface area (Å²) >= 11 is 3.44. The number of rotatable bonds is 5. The van der Waals surface area contributed by atoms with Gasteiger partial charge in [-0.15, -0.1) is 0 Å². The number of nitrogens with one attached hydrogen (secondary N) is 1. The van der Waals surface area contributed by atoms with Gasteiger partial charge in [-0.2, -0.15) is 0 Å². The number of fused-ring (bicyclic) bond motifs is 2. The SMILES string of the molecule is COC(=O)C1=C(C)NC2=C(C(=O)c3ccccc32)C1c1ccc(OCc2ccc(Br)cc2)cc1. The van der Waals surface area contributed by atoms with Crippen molar-refractivity contribution in [2.45, 2.75) is 19.4 Å². The molecule has 34 heavy (non-hydrogen) atoms. The predicted octanol–water partition coefficient (Wildman–Crippen LogP) is 5.77. The maximum Gasteiger partial charge on any atom is 0.336 e. The summed E-state index contributed by atoms with van der Waals surface area (Å²) < 4.78 is 12.1. The number of esters is 1. The Balaban J connectivity index is 1.49. The van der Waals surface area contributed by atoms with E-state index in [0.29, 0.717) is 34.8 Å². The van der Waals surface area contributed by atoms with Crippen LogP contribution in [0.1, 0.15) is 39.9 Å². The number of benzene rings is 3. The second-order valence-corrected chi connectivity index (χ2v) is 9.15. The van der Waals surface area contributed by atoms with Crippen LogP contribution >= 0.6 is 15.9 Å². The van der Waals surface area contributed by atoms with Crippen molar-refractivity contribution in [1.82, 2.24) is 5.32 Å². The molecule has 170 valence electrons. The molecule has 3 aromatic carbocycles. The molecule has 3 aromatic rings. The number of methoxy groups -OCH3 is 1. The first-order valence-electron chi connectivity index (χ1n) is 10.9. The zero-order valence-electron chi connectivity index (χ0n) is 18.7. The van der Waals surface area contributed by atoms with Gasteiger partial charge in [0.15, 0.2) is 5.78 Å². The third-order valence-corrected chi connectivity index (χ3v) is 6.72. The molecule has 1 aliphatic heterocycles. The number of hydrogen-bond donors (Lipinski definition) is 1. The van der Waals surface area contributed by atoms with Crippen LogP contribution in [0, 0.1) is 0 Å². The fraction of sp³-hybridized carbons (Fsp3) is 0.143. The number of carbonyl (C=O) groups is 2. The molecule has 6 heteroatoms. The average Bonchev–Trinajstić information content (AvgIpc) is 3.14. The van der Waals surface area contributed by atoms with Gasteiger partial charge in [-0.1, -0.05) is 64.5 Å². The van der Waals surface area contributed by atoms with Crippen LogP contribution in [-0.2, 0) is 16.1 Å². The van der Waals surface area contributed by atoms with Crippen LogP contribution in [0.2, 0.25) is 0 Å². The van der Waals surface area contributed by atoms with Crippen LogP contribution in [0.15, 0.2) is 94.1 Å². The van der Waals surface area contributed by atoms with Crippen LogP contribution < -0.4 is 10.1 Å². The van der Waals surface area contributed by atoms with Crippen LogP contribution in [0.25, 0.3) is 5.70 Å². The second-order valence-electron chi connectivity index (χ2n) is 8.24. The highest BCUT2D eigenvalue weighted by Gasteiger charge is 2.42. The summed E-state index contributed by atoms with van der Waals surface area (Å²) in [4.78, 5) is 26.2. The van der Waals surface area contributed by atoms with E-state index in [1.54, 1.807) is 0 Å². The minimum Gasteiger partial charge on any atom is -0.489 e. The first kappa shape index (κ1) is 22.2.